The average molecular weight is 212 g/mol. The van der Waals surface area contributed by atoms with Crippen molar-refractivity contribution in [1.29, 1.82) is 0 Å². The van der Waals surface area contributed by atoms with Crippen LogP contribution in [0.5, 0.6) is 0 Å². The van der Waals surface area contributed by atoms with Crippen molar-refractivity contribution in [2.75, 3.05) is 26.3 Å². The zero-order chi connectivity index (χ0) is 10.6. The van der Waals surface area contributed by atoms with Crippen LogP contribution in [0, 0.1) is 0 Å². The summed E-state index contributed by atoms with van der Waals surface area (Å²) in [6.07, 6.45) is -4.35. The molecular formula is C7H11F3N2O2. The molecule has 1 aliphatic heterocycles. The van der Waals surface area contributed by atoms with Crippen molar-refractivity contribution >= 4 is 5.91 Å². The third-order valence-electron chi connectivity index (χ3n) is 1.68. The predicted molar refractivity (Wildman–Crippen MR) is 41.7 cm³/mol. The molecule has 1 saturated heterocycles. The number of hydrogen-bond donors (Lipinski definition) is 2. The molecule has 0 atom stereocenters. The lowest BCUT2D eigenvalue weighted by Crippen LogP contribution is -2.50. The molecule has 2 N–H and O–H groups in total. The molecule has 1 aliphatic rings. The van der Waals surface area contributed by atoms with Gasteiger partial charge in [-0.3, -0.25) is 4.79 Å². The fraction of sp³-hybridized carbons (Fsp3) is 0.857. The number of alkyl halides is 3. The number of carbonyl (C=O) groups excluding carboxylic acids is 1. The average Bonchev–Trinajstić information content (AvgIpc) is 1.96. The first-order valence-corrected chi connectivity index (χ1v) is 4.12. The number of amides is 1. The molecule has 14 heavy (non-hydrogen) atoms. The van der Waals surface area contributed by atoms with Crippen LogP contribution in [-0.4, -0.2) is 44.4 Å². The quantitative estimate of drug-likeness (QED) is 0.670. The molecule has 1 rings (SSSR count). The second kappa shape index (κ2) is 4.61. The molecule has 1 amide bonds. The SMILES string of the molecule is O=C(CNC1COC1)NCC(F)(F)F. The molecule has 82 valence electrons. The van der Waals surface area contributed by atoms with Crippen LogP contribution in [0.1, 0.15) is 0 Å². The van der Waals surface area contributed by atoms with E-state index in [1.807, 2.05) is 0 Å². The maximum atomic E-state index is 11.6. The summed E-state index contributed by atoms with van der Waals surface area (Å²) < 4.78 is 39.7. The minimum atomic E-state index is -4.35. The monoisotopic (exact) mass is 212 g/mol. The third kappa shape index (κ3) is 4.43. The highest BCUT2D eigenvalue weighted by Gasteiger charge is 2.27. The van der Waals surface area contributed by atoms with Crippen LogP contribution in [-0.2, 0) is 9.53 Å². The van der Waals surface area contributed by atoms with Crippen LogP contribution >= 0.6 is 0 Å². The molecule has 0 radical (unpaired) electrons. The van der Waals surface area contributed by atoms with Crippen molar-refractivity contribution < 1.29 is 22.7 Å². The zero-order valence-corrected chi connectivity index (χ0v) is 7.36. The van der Waals surface area contributed by atoms with E-state index >= 15 is 0 Å². The number of hydrogen-bond acceptors (Lipinski definition) is 3. The number of halogens is 3. The van der Waals surface area contributed by atoms with Gasteiger partial charge in [0, 0.05) is 0 Å². The van der Waals surface area contributed by atoms with Gasteiger partial charge in [-0.05, 0) is 0 Å². The maximum absolute atomic E-state index is 11.6. The van der Waals surface area contributed by atoms with E-state index in [2.05, 4.69) is 5.32 Å². The second-order valence-corrected chi connectivity index (χ2v) is 3.01. The summed E-state index contributed by atoms with van der Waals surface area (Å²) in [4.78, 5) is 10.8. The molecule has 0 unspecified atom stereocenters. The van der Waals surface area contributed by atoms with E-state index in [9.17, 15) is 18.0 Å². The lowest BCUT2D eigenvalue weighted by molar-refractivity contribution is -0.138. The summed E-state index contributed by atoms with van der Waals surface area (Å²) >= 11 is 0. The standard InChI is InChI=1S/C7H11F3N2O2/c8-7(9,10)4-12-6(13)1-11-5-2-14-3-5/h5,11H,1-4H2,(H,12,13). The summed E-state index contributed by atoms with van der Waals surface area (Å²) in [5.74, 6) is -0.658. The number of ether oxygens (including phenoxy) is 1. The van der Waals surface area contributed by atoms with Crippen molar-refractivity contribution in [2.24, 2.45) is 0 Å². The molecule has 0 saturated carbocycles. The van der Waals surface area contributed by atoms with E-state index in [1.165, 1.54) is 0 Å². The van der Waals surface area contributed by atoms with Crippen LogP contribution in [0.15, 0.2) is 0 Å². The van der Waals surface area contributed by atoms with Gasteiger partial charge in [-0.15, -0.1) is 0 Å². The Hall–Kier alpha value is -0.820. The van der Waals surface area contributed by atoms with Gasteiger partial charge in [0.2, 0.25) is 5.91 Å². The van der Waals surface area contributed by atoms with Crippen LogP contribution in [0.25, 0.3) is 0 Å². The fourth-order valence-corrected chi connectivity index (χ4v) is 0.852. The van der Waals surface area contributed by atoms with E-state index < -0.39 is 18.6 Å². The number of nitrogens with one attached hydrogen (secondary N) is 2. The molecule has 1 fully saturated rings. The van der Waals surface area contributed by atoms with Gasteiger partial charge in [0.15, 0.2) is 0 Å². The third-order valence-corrected chi connectivity index (χ3v) is 1.68. The Morgan fingerprint density at radius 2 is 2.07 bits per heavy atom. The topological polar surface area (TPSA) is 50.4 Å². The lowest BCUT2D eigenvalue weighted by atomic mass is 10.2. The first kappa shape index (κ1) is 11.3. The highest BCUT2D eigenvalue weighted by atomic mass is 19.4. The summed E-state index contributed by atoms with van der Waals surface area (Å²) in [5.41, 5.74) is 0. The Balaban J connectivity index is 2.03. The van der Waals surface area contributed by atoms with E-state index in [4.69, 9.17) is 4.74 Å². The van der Waals surface area contributed by atoms with Gasteiger partial charge >= 0.3 is 6.18 Å². The minimum Gasteiger partial charge on any atom is -0.378 e. The maximum Gasteiger partial charge on any atom is 0.405 e. The van der Waals surface area contributed by atoms with E-state index in [0.717, 1.165) is 0 Å². The Labute approximate surface area is 78.8 Å². The summed E-state index contributed by atoms with van der Waals surface area (Å²) in [6.45, 7) is -0.377. The smallest absolute Gasteiger partial charge is 0.378 e. The Morgan fingerprint density at radius 1 is 1.43 bits per heavy atom. The van der Waals surface area contributed by atoms with E-state index in [-0.39, 0.29) is 12.6 Å². The van der Waals surface area contributed by atoms with Crippen molar-refractivity contribution in [2.45, 2.75) is 12.2 Å². The Bertz CT molecular complexity index is 204. The lowest BCUT2D eigenvalue weighted by Gasteiger charge is -2.26. The van der Waals surface area contributed by atoms with Gasteiger partial charge in [0.05, 0.1) is 25.8 Å². The Kier molecular flexibility index (Phi) is 3.70. The summed E-state index contributed by atoms with van der Waals surface area (Å²) in [7, 11) is 0. The van der Waals surface area contributed by atoms with Crippen LogP contribution in [0.2, 0.25) is 0 Å². The zero-order valence-electron chi connectivity index (χ0n) is 7.36. The van der Waals surface area contributed by atoms with E-state index in [1.54, 1.807) is 5.32 Å². The molecule has 4 nitrogen and oxygen atoms in total. The van der Waals surface area contributed by atoms with Crippen molar-refractivity contribution in [3.05, 3.63) is 0 Å². The van der Waals surface area contributed by atoms with Crippen molar-refractivity contribution in [3.63, 3.8) is 0 Å². The van der Waals surface area contributed by atoms with Gasteiger partial charge in [0.25, 0.3) is 0 Å². The Morgan fingerprint density at radius 3 is 2.50 bits per heavy atom. The molecule has 0 aromatic heterocycles. The predicted octanol–water partition coefficient (Wildman–Crippen LogP) is -0.347. The van der Waals surface area contributed by atoms with E-state index in [0.29, 0.717) is 13.2 Å². The van der Waals surface area contributed by atoms with Gasteiger partial charge in [-0.25, -0.2) is 0 Å². The van der Waals surface area contributed by atoms with Crippen molar-refractivity contribution in [1.82, 2.24) is 10.6 Å². The van der Waals surface area contributed by atoms with Crippen molar-refractivity contribution in [3.8, 4) is 0 Å². The summed E-state index contributed by atoms with van der Waals surface area (Å²) in [6, 6.07) is 0.0895. The highest BCUT2D eigenvalue weighted by molar-refractivity contribution is 5.78. The molecule has 0 bridgehead atoms. The van der Waals surface area contributed by atoms with Crippen LogP contribution in [0.4, 0.5) is 13.2 Å². The van der Waals surface area contributed by atoms with Gasteiger partial charge in [-0.2, -0.15) is 13.2 Å². The summed E-state index contributed by atoms with van der Waals surface area (Å²) in [5, 5.41) is 4.51. The number of carbonyl (C=O) groups is 1. The molecule has 0 aliphatic carbocycles. The second-order valence-electron chi connectivity index (χ2n) is 3.01. The molecule has 1 heterocycles. The van der Waals surface area contributed by atoms with Crippen LogP contribution < -0.4 is 10.6 Å². The normalized spacial score (nSPS) is 17.6. The molecular weight excluding hydrogens is 201 g/mol. The first-order valence-electron chi connectivity index (χ1n) is 4.12. The highest BCUT2D eigenvalue weighted by Crippen LogP contribution is 2.11. The van der Waals surface area contributed by atoms with Crippen LogP contribution in [0.3, 0.4) is 0 Å². The minimum absolute atomic E-state index is 0.0895. The largest absolute Gasteiger partial charge is 0.405 e. The molecule has 0 aromatic carbocycles. The number of rotatable bonds is 4. The van der Waals surface area contributed by atoms with Gasteiger partial charge < -0.3 is 15.4 Å². The molecule has 0 aromatic rings. The van der Waals surface area contributed by atoms with Gasteiger partial charge in [0.1, 0.15) is 6.54 Å². The molecule has 7 heteroatoms. The van der Waals surface area contributed by atoms with Gasteiger partial charge in [-0.1, -0.05) is 0 Å². The fourth-order valence-electron chi connectivity index (χ4n) is 0.852. The molecule has 0 spiro atoms. The first-order chi connectivity index (χ1) is 6.47.